The van der Waals surface area contributed by atoms with E-state index in [1.165, 1.54) is 0 Å². The summed E-state index contributed by atoms with van der Waals surface area (Å²) < 4.78 is 43.8. The standard InChI is InChI=1S/C27H29F3N6O/c1-16(2)6-8-19-10-21(27(28,29)30)13-22(11-19)32-26(37)20-9-7-17(3)25(12-20)36-15-24(33-34-36)23-14-31-35(5)18(23)4/h7,9-16H,6,8H2,1-5H3,(H,32,37). The van der Waals surface area contributed by atoms with Gasteiger partial charge >= 0.3 is 6.18 Å². The molecule has 0 aliphatic heterocycles. The van der Waals surface area contributed by atoms with E-state index in [0.717, 1.165) is 35.4 Å². The lowest BCUT2D eigenvalue weighted by atomic mass is 10.00. The van der Waals surface area contributed by atoms with Crippen LogP contribution in [0.3, 0.4) is 0 Å². The van der Waals surface area contributed by atoms with E-state index in [2.05, 4.69) is 20.7 Å². The number of carbonyl (C=O) groups excluding carboxylic acids is 1. The highest BCUT2D eigenvalue weighted by molar-refractivity contribution is 6.04. The fourth-order valence-corrected chi connectivity index (χ4v) is 3.98. The van der Waals surface area contributed by atoms with Gasteiger partial charge in [0.15, 0.2) is 0 Å². The number of aryl methyl sites for hydroxylation is 3. The van der Waals surface area contributed by atoms with Crippen LogP contribution in [0.15, 0.2) is 48.8 Å². The van der Waals surface area contributed by atoms with Gasteiger partial charge in [-0.25, -0.2) is 4.68 Å². The van der Waals surface area contributed by atoms with Crippen LogP contribution in [-0.4, -0.2) is 30.7 Å². The molecule has 1 amide bonds. The highest BCUT2D eigenvalue weighted by Crippen LogP contribution is 2.33. The molecule has 1 N–H and O–H groups in total. The number of anilines is 1. The van der Waals surface area contributed by atoms with Gasteiger partial charge in [0.1, 0.15) is 5.69 Å². The van der Waals surface area contributed by atoms with E-state index < -0.39 is 17.6 Å². The number of carbonyl (C=O) groups is 1. The van der Waals surface area contributed by atoms with Crippen LogP contribution in [0.2, 0.25) is 0 Å². The van der Waals surface area contributed by atoms with Gasteiger partial charge in [-0.2, -0.15) is 18.3 Å². The molecule has 2 aromatic carbocycles. The first-order valence-corrected chi connectivity index (χ1v) is 12.0. The second-order valence-electron chi connectivity index (χ2n) is 9.62. The minimum atomic E-state index is -4.51. The molecule has 0 spiro atoms. The van der Waals surface area contributed by atoms with Gasteiger partial charge < -0.3 is 5.32 Å². The van der Waals surface area contributed by atoms with Crippen LogP contribution >= 0.6 is 0 Å². The largest absolute Gasteiger partial charge is 0.416 e. The van der Waals surface area contributed by atoms with E-state index in [-0.39, 0.29) is 11.3 Å². The number of hydrogen-bond acceptors (Lipinski definition) is 4. The van der Waals surface area contributed by atoms with Crippen molar-refractivity contribution >= 4 is 11.6 Å². The Bertz CT molecular complexity index is 1430. The lowest BCUT2D eigenvalue weighted by Crippen LogP contribution is -2.15. The van der Waals surface area contributed by atoms with Gasteiger partial charge in [-0.1, -0.05) is 25.1 Å². The van der Waals surface area contributed by atoms with E-state index in [4.69, 9.17) is 0 Å². The van der Waals surface area contributed by atoms with Crippen LogP contribution in [0.4, 0.5) is 18.9 Å². The molecule has 2 aromatic heterocycles. The summed E-state index contributed by atoms with van der Waals surface area (Å²) >= 11 is 0. The Labute approximate surface area is 213 Å². The summed E-state index contributed by atoms with van der Waals surface area (Å²) in [6.45, 7) is 7.84. The molecule has 7 nitrogen and oxygen atoms in total. The molecule has 0 atom stereocenters. The van der Waals surface area contributed by atoms with Crippen molar-refractivity contribution in [3.8, 4) is 16.9 Å². The Morgan fingerprint density at radius 3 is 2.51 bits per heavy atom. The van der Waals surface area contributed by atoms with Gasteiger partial charge in [-0.05, 0) is 74.1 Å². The van der Waals surface area contributed by atoms with Crippen LogP contribution in [0.5, 0.6) is 0 Å². The van der Waals surface area contributed by atoms with Gasteiger partial charge in [0.05, 0.1) is 23.6 Å². The predicted octanol–water partition coefficient (Wildman–Crippen LogP) is 6.14. The quantitative estimate of drug-likeness (QED) is 0.324. The third-order valence-corrected chi connectivity index (χ3v) is 6.31. The first kappa shape index (κ1) is 26.1. The molecule has 2 heterocycles. The predicted molar refractivity (Wildman–Crippen MR) is 136 cm³/mol. The Morgan fingerprint density at radius 2 is 1.86 bits per heavy atom. The SMILES string of the molecule is Cc1ccc(C(=O)Nc2cc(CCC(C)C)cc(C(F)(F)F)c2)cc1-n1cc(-c2cnn(C)c2C)nn1. The molecule has 0 bridgehead atoms. The number of nitrogens with one attached hydrogen (secondary N) is 1. The molecular formula is C27H29F3N6O. The van der Waals surface area contributed by atoms with Gasteiger partial charge in [0.25, 0.3) is 5.91 Å². The number of amides is 1. The first-order valence-electron chi connectivity index (χ1n) is 12.0. The molecule has 10 heteroatoms. The lowest BCUT2D eigenvalue weighted by Gasteiger charge is -2.14. The number of nitrogens with zero attached hydrogens (tertiary/aromatic N) is 5. The topological polar surface area (TPSA) is 77.6 Å². The smallest absolute Gasteiger partial charge is 0.322 e. The molecule has 4 rings (SSSR count). The third-order valence-electron chi connectivity index (χ3n) is 6.31. The van der Waals surface area contributed by atoms with Crippen molar-refractivity contribution in [2.45, 2.75) is 46.7 Å². The van der Waals surface area contributed by atoms with E-state index in [9.17, 15) is 18.0 Å². The maximum absolute atomic E-state index is 13.5. The molecule has 0 unspecified atom stereocenters. The summed E-state index contributed by atoms with van der Waals surface area (Å²) in [7, 11) is 1.84. The summed E-state index contributed by atoms with van der Waals surface area (Å²) in [4.78, 5) is 13.1. The van der Waals surface area contributed by atoms with Crippen molar-refractivity contribution in [3.05, 3.63) is 76.7 Å². The van der Waals surface area contributed by atoms with E-state index in [0.29, 0.717) is 29.3 Å². The molecule has 4 aromatic rings. The molecule has 37 heavy (non-hydrogen) atoms. The number of aromatic nitrogens is 5. The van der Waals surface area contributed by atoms with Crippen LogP contribution in [-0.2, 0) is 19.6 Å². The minimum Gasteiger partial charge on any atom is -0.322 e. The maximum Gasteiger partial charge on any atom is 0.416 e. The van der Waals surface area contributed by atoms with E-state index >= 15 is 0 Å². The Morgan fingerprint density at radius 1 is 1.11 bits per heavy atom. The summed E-state index contributed by atoms with van der Waals surface area (Å²) in [5.41, 5.74) is 4.05. The number of halogens is 3. The maximum atomic E-state index is 13.5. The van der Waals surface area contributed by atoms with E-state index in [1.54, 1.807) is 46.0 Å². The van der Waals surface area contributed by atoms with Crippen LogP contribution in [0.1, 0.15) is 53.0 Å². The second-order valence-corrected chi connectivity index (χ2v) is 9.62. The zero-order chi connectivity index (χ0) is 26.9. The molecule has 0 saturated heterocycles. The number of hydrogen-bond donors (Lipinski definition) is 1. The normalized spacial score (nSPS) is 11.8. The highest BCUT2D eigenvalue weighted by Gasteiger charge is 2.31. The van der Waals surface area contributed by atoms with Gasteiger partial charge in [0, 0.05) is 29.6 Å². The zero-order valence-corrected chi connectivity index (χ0v) is 21.4. The fourth-order valence-electron chi connectivity index (χ4n) is 3.98. The Balaban J connectivity index is 1.61. The number of benzene rings is 2. The summed E-state index contributed by atoms with van der Waals surface area (Å²) in [5.74, 6) is -0.170. The van der Waals surface area contributed by atoms with Crippen LogP contribution < -0.4 is 5.32 Å². The molecule has 0 aliphatic carbocycles. The van der Waals surface area contributed by atoms with Crippen molar-refractivity contribution in [1.29, 1.82) is 0 Å². The van der Waals surface area contributed by atoms with Crippen molar-refractivity contribution in [3.63, 3.8) is 0 Å². The molecule has 194 valence electrons. The Hall–Kier alpha value is -3.95. The molecule has 0 aliphatic rings. The van der Waals surface area contributed by atoms with Crippen molar-refractivity contribution < 1.29 is 18.0 Å². The summed E-state index contributed by atoms with van der Waals surface area (Å²) in [5, 5.41) is 15.3. The summed E-state index contributed by atoms with van der Waals surface area (Å²) in [6, 6.07) is 8.75. The van der Waals surface area contributed by atoms with Crippen molar-refractivity contribution in [2.24, 2.45) is 13.0 Å². The Kier molecular flexibility index (Phi) is 7.20. The average Bonchev–Trinajstić information content (AvgIpc) is 3.44. The van der Waals surface area contributed by atoms with E-state index in [1.807, 2.05) is 34.7 Å². The van der Waals surface area contributed by atoms with Crippen molar-refractivity contribution in [1.82, 2.24) is 24.8 Å². The number of rotatable bonds is 7. The monoisotopic (exact) mass is 510 g/mol. The average molecular weight is 511 g/mol. The van der Waals surface area contributed by atoms with Crippen LogP contribution in [0, 0.1) is 19.8 Å². The molecule has 0 fully saturated rings. The third kappa shape index (κ3) is 5.90. The lowest BCUT2D eigenvalue weighted by molar-refractivity contribution is -0.137. The summed E-state index contributed by atoms with van der Waals surface area (Å²) in [6.07, 6.45) is 0.188. The number of alkyl halides is 3. The van der Waals surface area contributed by atoms with Gasteiger partial charge in [0.2, 0.25) is 0 Å². The minimum absolute atomic E-state index is 0.107. The first-order chi connectivity index (χ1) is 17.4. The molecule has 0 radical (unpaired) electrons. The zero-order valence-electron chi connectivity index (χ0n) is 21.4. The van der Waals surface area contributed by atoms with Crippen LogP contribution in [0.25, 0.3) is 16.9 Å². The molecule has 0 saturated carbocycles. The second kappa shape index (κ2) is 10.2. The van der Waals surface area contributed by atoms with Gasteiger partial charge in [-0.3, -0.25) is 9.48 Å². The van der Waals surface area contributed by atoms with Crippen molar-refractivity contribution in [2.75, 3.05) is 5.32 Å². The highest BCUT2D eigenvalue weighted by atomic mass is 19.4. The molecular weight excluding hydrogens is 481 g/mol. The fraction of sp³-hybridized carbons (Fsp3) is 0.333. The van der Waals surface area contributed by atoms with Gasteiger partial charge in [-0.15, -0.1) is 5.10 Å².